The first-order chi connectivity index (χ1) is 7.15. The van der Waals surface area contributed by atoms with Crippen LogP contribution in [0.25, 0.3) is 11.1 Å². The first-order valence-corrected chi connectivity index (χ1v) is 4.72. The average Bonchev–Trinajstić information content (AvgIpc) is 2.16. The number of hydrogen-bond acceptors (Lipinski definition) is 2. The van der Waals surface area contributed by atoms with Gasteiger partial charge in [-0.05, 0) is 24.1 Å². The number of hydrogen-bond donors (Lipinski definition) is 2. The number of H-pyrrole nitrogens is 1. The number of aromatic nitrogens is 1. The Kier molecular flexibility index (Phi) is 2.29. The van der Waals surface area contributed by atoms with Gasteiger partial charge in [0, 0.05) is 6.07 Å². The molecule has 0 saturated carbocycles. The predicted molar refractivity (Wildman–Crippen MR) is 61.6 cm³/mol. The second kappa shape index (κ2) is 3.61. The van der Waals surface area contributed by atoms with Crippen LogP contribution in [0.15, 0.2) is 41.2 Å². The quantitative estimate of drug-likeness (QED) is 0.739. The summed E-state index contributed by atoms with van der Waals surface area (Å²) in [6.45, 7) is 2.01. The highest BCUT2D eigenvalue weighted by atomic mass is 16.1. The van der Waals surface area contributed by atoms with E-state index in [-0.39, 0.29) is 5.56 Å². The van der Waals surface area contributed by atoms with Gasteiger partial charge in [-0.15, -0.1) is 0 Å². The summed E-state index contributed by atoms with van der Waals surface area (Å²) < 4.78 is 0. The third-order valence-corrected chi connectivity index (χ3v) is 2.22. The molecule has 0 aliphatic rings. The van der Waals surface area contributed by atoms with E-state index < -0.39 is 0 Å². The molecule has 0 amide bonds. The standard InChI is InChI=1S/C12H12N2O/c1-8-3-2-4-9(5-8)10-6-11(13)14-12(15)7-10/h2-7H,1H3,(H3,13,14,15). The van der Waals surface area contributed by atoms with E-state index >= 15 is 0 Å². The number of nitrogen functional groups attached to an aromatic ring is 1. The van der Waals surface area contributed by atoms with Gasteiger partial charge in [-0.3, -0.25) is 4.79 Å². The number of nitrogens with two attached hydrogens (primary N) is 1. The van der Waals surface area contributed by atoms with Crippen LogP contribution in [-0.4, -0.2) is 4.98 Å². The lowest BCUT2D eigenvalue weighted by Crippen LogP contribution is -2.07. The van der Waals surface area contributed by atoms with Crippen LogP contribution >= 0.6 is 0 Å². The van der Waals surface area contributed by atoms with Gasteiger partial charge in [0.2, 0.25) is 5.56 Å². The predicted octanol–water partition coefficient (Wildman–Crippen LogP) is 1.93. The van der Waals surface area contributed by atoms with Crippen LogP contribution < -0.4 is 11.3 Å². The largest absolute Gasteiger partial charge is 0.385 e. The minimum absolute atomic E-state index is 0.175. The highest BCUT2D eigenvalue weighted by Gasteiger charge is 2.00. The van der Waals surface area contributed by atoms with Crippen LogP contribution in [0.4, 0.5) is 5.82 Å². The second-order valence-corrected chi connectivity index (χ2v) is 3.56. The number of aromatic amines is 1. The van der Waals surface area contributed by atoms with Crippen molar-refractivity contribution in [2.24, 2.45) is 0 Å². The Labute approximate surface area is 87.6 Å². The molecular formula is C12H12N2O. The Morgan fingerprint density at radius 2 is 1.93 bits per heavy atom. The van der Waals surface area contributed by atoms with Crippen LogP contribution in [0.3, 0.4) is 0 Å². The fraction of sp³-hybridized carbons (Fsp3) is 0.0833. The van der Waals surface area contributed by atoms with Gasteiger partial charge in [-0.2, -0.15) is 0 Å². The molecule has 3 heteroatoms. The monoisotopic (exact) mass is 200 g/mol. The zero-order valence-corrected chi connectivity index (χ0v) is 8.45. The normalized spacial score (nSPS) is 10.2. The summed E-state index contributed by atoms with van der Waals surface area (Å²) in [7, 11) is 0. The fourth-order valence-corrected chi connectivity index (χ4v) is 1.56. The van der Waals surface area contributed by atoms with E-state index in [0.717, 1.165) is 16.7 Å². The van der Waals surface area contributed by atoms with Gasteiger partial charge >= 0.3 is 0 Å². The summed E-state index contributed by atoms with van der Waals surface area (Å²) in [5.74, 6) is 0.388. The van der Waals surface area contributed by atoms with E-state index in [1.807, 2.05) is 31.2 Å². The minimum atomic E-state index is -0.175. The summed E-state index contributed by atoms with van der Waals surface area (Å²) in [6.07, 6.45) is 0. The van der Waals surface area contributed by atoms with Gasteiger partial charge in [-0.25, -0.2) is 0 Å². The zero-order valence-electron chi connectivity index (χ0n) is 8.45. The Morgan fingerprint density at radius 1 is 1.13 bits per heavy atom. The van der Waals surface area contributed by atoms with Crippen molar-refractivity contribution in [3.63, 3.8) is 0 Å². The molecule has 3 nitrogen and oxygen atoms in total. The van der Waals surface area contributed by atoms with Gasteiger partial charge in [0.25, 0.3) is 0 Å². The molecular weight excluding hydrogens is 188 g/mol. The number of benzene rings is 1. The number of nitrogens with one attached hydrogen (secondary N) is 1. The molecule has 0 saturated heterocycles. The Balaban J connectivity index is 2.59. The molecule has 2 rings (SSSR count). The molecule has 76 valence electrons. The van der Waals surface area contributed by atoms with E-state index in [0.29, 0.717) is 5.82 Å². The lowest BCUT2D eigenvalue weighted by molar-refractivity contribution is 1.25. The zero-order chi connectivity index (χ0) is 10.8. The van der Waals surface area contributed by atoms with E-state index in [4.69, 9.17) is 5.73 Å². The van der Waals surface area contributed by atoms with E-state index in [2.05, 4.69) is 4.98 Å². The molecule has 15 heavy (non-hydrogen) atoms. The third-order valence-electron chi connectivity index (χ3n) is 2.22. The molecule has 0 aliphatic carbocycles. The van der Waals surface area contributed by atoms with Crippen molar-refractivity contribution in [1.82, 2.24) is 4.98 Å². The van der Waals surface area contributed by atoms with Gasteiger partial charge in [0.05, 0.1) is 0 Å². The first kappa shape index (κ1) is 9.52. The SMILES string of the molecule is Cc1cccc(-c2cc(N)[nH]c(=O)c2)c1. The lowest BCUT2D eigenvalue weighted by atomic mass is 10.0. The summed E-state index contributed by atoms with van der Waals surface area (Å²) in [6, 6.07) is 11.3. The van der Waals surface area contributed by atoms with Crippen molar-refractivity contribution >= 4 is 5.82 Å². The Hall–Kier alpha value is -2.03. The first-order valence-electron chi connectivity index (χ1n) is 4.72. The van der Waals surface area contributed by atoms with Gasteiger partial charge in [0.1, 0.15) is 5.82 Å². The molecule has 0 spiro atoms. The smallest absolute Gasteiger partial charge is 0.250 e. The lowest BCUT2D eigenvalue weighted by Gasteiger charge is -2.03. The number of aryl methyl sites for hydroxylation is 1. The van der Waals surface area contributed by atoms with Gasteiger partial charge in [-0.1, -0.05) is 29.8 Å². The van der Waals surface area contributed by atoms with Crippen molar-refractivity contribution < 1.29 is 0 Å². The van der Waals surface area contributed by atoms with Crippen molar-refractivity contribution in [3.8, 4) is 11.1 Å². The van der Waals surface area contributed by atoms with Crippen LogP contribution in [0.1, 0.15) is 5.56 Å². The average molecular weight is 200 g/mol. The van der Waals surface area contributed by atoms with Gasteiger partial charge < -0.3 is 10.7 Å². The van der Waals surface area contributed by atoms with Crippen LogP contribution in [0.2, 0.25) is 0 Å². The van der Waals surface area contributed by atoms with Crippen LogP contribution in [0, 0.1) is 6.92 Å². The molecule has 1 heterocycles. The molecule has 3 N–H and O–H groups in total. The summed E-state index contributed by atoms with van der Waals surface area (Å²) in [5.41, 5.74) is 8.42. The molecule has 0 fully saturated rings. The summed E-state index contributed by atoms with van der Waals surface area (Å²) in [4.78, 5) is 13.8. The van der Waals surface area contributed by atoms with E-state index in [1.54, 1.807) is 12.1 Å². The molecule has 1 aromatic heterocycles. The van der Waals surface area contributed by atoms with Crippen molar-refractivity contribution in [2.45, 2.75) is 6.92 Å². The fourth-order valence-electron chi connectivity index (χ4n) is 1.56. The molecule has 0 bridgehead atoms. The number of pyridine rings is 1. The van der Waals surface area contributed by atoms with E-state index in [9.17, 15) is 4.79 Å². The maximum Gasteiger partial charge on any atom is 0.250 e. The topological polar surface area (TPSA) is 58.9 Å². The Bertz CT molecular complexity index is 543. The Morgan fingerprint density at radius 3 is 2.60 bits per heavy atom. The number of anilines is 1. The molecule has 0 atom stereocenters. The number of rotatable bonds is 1. The highest BCUT2D eigenvalue weighted by Crippen LogP contribution is 2.19. The molecule has 0 unspecified atom stereocenters. The van der Waals surface area contributed by atoms with Crippen LogP contribution in [0.5, 0.6) is 0 Å². The molecule has 0 aliphatic heterocycles. The molecule has 0 radical (unpaired) electrons. The summed E-state index contributed by atoms with van der Waals surface area (Å²) in [5, 5.41) is 0. The van der Waals surface area contributed by atoms with Gasteiger partial charge in [0.15, 0.2) is 0 Å². The van der Waals surface area contributed by atoms with Crippen molar-refractivity contribution in [3.05, 3.63) is 52.3 Å². The van der Waals surface area contributed by atoms with Crippen molar-refractivity contribution in [2.75, 3.05) is 5.73 Å². The third kappa shape index (κ3) is 2.07. The van der Waals surface area contributed by atoms with Crippen LogP contribution in [-0.2, 0) is 0 Å². The highest BCUT2D eigenvalue weighted by molar-refractivity contribution is 5.66. The van der Waals surface area contributed by atoms with Crippen molar-refractivity contribution in [1.29, 1.82) is 0 Å². The van der Waals surface area contributed by atoms with E-state index in [1.165, 1.54) is 0 Å². The summed E-state index contributed by atoms with van der Waals surface area (Å²) >= 11 is 0. The maximum atomic E-state index is 11.2. The minimum Gasteiger partial charge on any atom is -0.385 e. The molecule has 1 aromatic carbocycles. The second-order valence-electron chi connectivity index (χ2n) is 3.56. The molecule has 2 aromatic rings. The maximum absolute atomic E-state index is 11.2.